The van der Waals surface area contributed by atoms with Crippen LogP contribution in [0.3, 0.4) is 0 Å². The summed E-state index contributed by atoms with van der Waals surface area (Å²) in [6, 6.07) is 0. The van der Waals surface area contributed by atoms with E-state index >= 15 is 0 Å². The molecule has 0 rings (SSSR count). The largest absolute Gasteiger partial charge is 0.480 e. The highest BCUT2D eigenvalue weighted by Gasteiger charge is 2.30. The van der Waals surface area contributed by atoms with E-state index in [-0.39, 0.29) is 5.75 Å². The van der Waals surface area contributed by atoms with Gasteiger partial charge >= 0.3 is 5.97 Å². The van der Waals surface area contributed by atoms with E-state index in [9.17, 15) is 4.79 Å². The Balaban J connectivity index is 4.09. The first-order chi connectivity index (χ1) is 4.06. The van der Waals surface area contributed by atoms with Crippen LogP contribution in [0.4, 0.5) is 0 Å². The number of hydrogen-bond donors (Lipinski definition) is 3. The molecule has 0 heterocycles. The quantitative estimate of drug-likeness (QED) is 0.549. The second-order valence-electron chi connectivity index (χ2n) is 1.85. The van der Waals surface area contributed by atoms with E-state index in [4.69, 9.17) is 5.11 Å². The molecule has 0 amide bonds. The fraction of sp³-hybridized carbons (Fsp3) is 0.800. The van der Waals surface area contributed by atoms with Crippen molar-refractivity contribution in [2.45, 2.75) is 18.1 Å². The molecule has 0 aliphatic rings. The van der Waals surface area contributed by atoms with Crippen molar-refractivity contribution in [1.29, 1.82) is 0 Å². The van der Waals surface area contributed by atoms with Crippen molar-refractivity contribution < 1.29 is 9.90 Å². The lowest BCUT2D eigenvalue weighted by Crippen LogP contribution is -2.33. The molecule has 0 saturated carbocycles. The number of carboxylic acid groups (broad SMARTS) is 1. The zero-order valence-corrected chi connectivity index (χ0v) is 6.95. The van der Waals surface area contributed by atoms with E-state index in [0.29, 0.717) is 6.42 Å². The number of thiol groups is 2. The van der Waals surface area contributed by atoms with Gasteiger partial charge in [-0.3, -0.25) is 4.79 Å². The lowest BCUT2D eigenvalue weighted by molar-refractivity contribution is -0.139. The molecule has 0 aromatic rings. The summed E-state index contributed by atoms with van der Waals surface area (Å²) in [5, 5.41) is 8.51. The van der Waals surface area contributed by atoms with Crippen LogP contribution in [0.1, 0.15) is 13.3 Å². The minimum absolute atomic E-state index is 0.266. The van der Waals surface area contributed by atoms with Crippen LogP contribution in [0, 0.1) is 0 Å². The number of aliphatic carboxylic acids is 1. The van der Waals surface area contributed by atoms with Gasteiger partial charge in [-0.1, -0.05) is 6.92 Å². The summed E-state index contributed by atoms with van der Waals surface area (Å²) in [6.07, 6.45) is 0.495. The van der Waals surface area contributed by atoms with Gasteiger partial charge in [-0.25, -0.2) is 0 Å². The van der Waals surface area contributed by atoms with E-state index in [2.05, 4.69) is 25.3 Å². The average molecular weight is 166 g/mol. The maximum absolute atomic E-state index is 10.4. The fourth-order valence-electron chi connectivity index (χ4n) is 0.331. The van der Waals surface area contributed by atoms with Crippen molar-refractivity contribution in [2.75, 3.05) is 5.75 Å². The van der Waals surface area contributed by atoms with E-state index in [1.807, 2.05) is 0 Å². The topological polar surface area (TPSA) is 37.3 Å². The molecule has 1 unspecified atom stereocenters. The van der Waals surface area contributed by atoms with Crippen LogP contribution in [0.15, 0.2) is 0 Å². The molecule has 0 fully saturated rings. The lowest BCUT2D eigenvalue weighted by atomic mass is 10.1. The predicted octanol–water partition coefficient (Wildman–Crippen LogP) is 1.08. The third-order valence-corrected chi connectivity index (χ3v) is 2.70. The Bertz CT molecular complexity index is 110. The number of carbonyl (C=O) groups is 1. The molecular formula is C5H10O2S2. The molecule has 0 aliphatic heterocycles. The van der Waals surface area contributed by atoms with Crippen molar-refractivity contribution in [3.05, 3.63) is 0 Å². The summed E-state index contributed by atoms with van der Waals surface area (Å²) in [7, 11) is 0. The van der Waals surface area contributed by atoms with Crippen LogP contribution < -0.4 is 0 Å². The number of carboxylic acids is 1. The molecule has 2 nitrogen and oxygen atoms in total. The molecular weight excluding hydrogens is 156 g/mol. The molecule has 0 aliphatic carbocycles. The highest BCUT2D eigenvalue weighted by molar-refractivity contribution is 7.86. The molecule has 4 heteroatoms. The van der Waals surface area contributed by atoms with Gasteiger partial charge in [0.05, 0.1) is 0 Å². The van der Waals surface area contributed by atoms with Gasteiger partial charge in [-0.05, 0) is 6.42 Å². The molecule has 0 aromatic carbocycles. The van der Waals surface area contributed by atoms with Crippen LogP contribution in [0.25, 0.3) is 0 Å². The molecule has 1 N–H and O–H groups in total. The van der Waals surface area contributed by atoms with Crippen molar-refractivity contribution in [1.82, 2.24) is 0 Å². The monoisotopic (exact) mass is 166 g/mol. The zero-order chi connectivity index (χ0) is 7.49. The summed E-state index contributed by atoms with van der Waals surface area (Å²) in [5.41, 5.74) is 0. The van der Waals surface area contributed by atoms with Gasteiger partial charge in [-0.15, -0.1) is 0 Å². The normalized spacial score (nSPS) is 16.8. The van der Waals surface area contributed by atoms with Gasteiger partial charge in [0.1, 0.15) is 4.75 Å². The fourth-order valence-corrected chi connectivity index (χ4v) is 0.690. The Morgan fingerprint density at radius 3 is 2.22 bits per heavy atom. The lowest BCUT2D eigenvalue weighted by Gasteiger charge is -2.17. The standard InChI is InChI=1S/C5H10O2S2/c1-2-5(9,3-8)4(6)7/h8-9H,2-3H2,1H3,(H,6,7). The van der Waals surface area contributed by atoms with Crippen molar-refractivity contribution >= 4 is 31.2 Å². The highest BCUT2D eigenvalue weighted by Crippen LogP contribution is 2.20. The van der Waals surface area contributed by atoms with Gasteiger partial charge in [0.15, 0.2) is 0 Å². The average Bonchev–Trinajstić information content (AvgIpc) is 1.86. The van der Waals surface area contributed by atoms with Gasteiger partial charge in [0.25, 0.3) is 0 Å². The second kappa shape index (κ2) is 3.37. The van der Waals surface area contributed by atoms with Crippen LogP contribution in [0.5, 0.6) is 0 Å². The predicted molar refractivity (Wildman–Crippen MR) is 43.5 cm³/mol. The van der Waals surface area contributed by atoms with Crippen LogP contribution in [0.2, 0.25) is 0 Å². The van der Waals surface area contributed by atoms with Gasteiger partial charge < -0.3 is 5.11 Å². The maximum Gasteiger partial charge on any atom is 0.320 e. The van der Waals surface area contributed by atoms with E-state index in [0.717, 1.165) is 0 Å². The number of hydrogen-bond acceptors (Lipinski definition) is 3. The van der Waals surface area contributed by atoms with E-state index in [1.54, 1.807) is 6.92 Å². The van der Waals surface area contributed by atoms with E-state index in [1.165, 1.54) is 0 Å². The Hall–Kier alpha value is 0.170. The Morgan fingerprint density at radius 1 is 1.78 bits per heavy atom. The summed E-state index contributed by atoms with van der Waals surface area (Å²) in [6.45, 7) is 1.78. The first kappa shape index (κ1) is 9.17. The molecule has 0 aromatic heterocycles. The molecule has 0 radical (unpaired) electrons. The molecule has 54 valence electrons. The third-order valence-electron chi connectivity index (χ3n) is 1.24. The van der Waals surface area contributed by atoms with Gasteiger partial charge in [0, 0.05) is 5.75 Å². The van der Waals surface area contributed by atoms with Crippen molar-refractivity contribution in [3.63, 3.8) is 0 Å². The van der Waals surface area contributed by atoms with Crippen LogP contribution >= 0.6 is 25.3 Å². The summed E-state index contributed by atoms with van der Waals surface area (Å²) in [5.74, 6) is -0.634. The zero-order valence-electron chi connectivity index (χ0n) is 5.16. The molecule has 0 bridgehead atoms. The molecule has 0 spiro atoms. The second-order valence-corrected chi connectivity index (χ2v) is 3.02. The maximum atomic E-state index is 10.4. The Kier molecular flexibility index (Phi) is 3.43. The first-order valence-corrected chi connectivity index (χ1v) is 3.71. The van der Waals surface area contributed by atoms with Crippen molar-refractivity contribution in [3.8, 4) is 0 Å². The Morgan fingerprint density at radius 2 is 2.22 bits per heavy atom. The highest BCUT2D eigenvalue weighted by atomic mass is 32.1. The minimum atomic E-state index is -0.941. The van der Waals surface area contributed by atoms with E-state index < -0.39 is 10.7 Å². The van der Waals surface area contributed by atoms with Gasteiger partial charge in [-0.2, -0.15) is 25.3 Å². The third kappa shape index (κ3) is 2.10. The van der Waals surface area contributed by atoms with Gasteiger partial charge in [0.2, 0.25) is 0 Å². The SMILES string of the molecule is CCC(S)(CS)C(=O)O. The number of rotatable bonds is 3. The van der Waals surface area contributed by atoms with Crippen molar-refractivity contribution in [2.24, 2.45) is 0 Å². The summed E-state index contributed by atoms with van der Waals surface area (Å²) >= 11 is 7.80. The summed E-state index contributed by atoms with van der Waals surface area (Å²) in [4.78, 5) is 10.4. The minimum Gasteiger partial charge on any atom is -0.480 e. The summed E-state index contributed by atoms with van der Waals surface area (Å²) < 4.78 is -0.941. The Labute approximate surface area is 65.5 Å². The van der Waals surface area contributed by atoms with Crippen LogP contribution in [-0.2, 0) is 4.79 Å². The molecule has 9 heavy (non-hydrogen) atoms. The molecule has 1 atom stereocenters. The molecule has 0 saturated heterocycles. The first-order valence-electron chi connectivity index (χ1n) is 2.63. The van der Waals surface area contributed by atoms with Crippen LogP contribution in [-0.4, -0.2) is 21.6 Å². The smallest absolute Gasteiger partial charge is 0.320 e.